The number of carbonyl (C=O) groups excluding carboxylic acids is 1. The number of carbonyl (C=O) groups is 1. The first-order valence-corrected chi connectivity index (χ1v) is 8.81. The van der Waals surface area contributed by atoms with Gasteiger partial charge in [-0.2, -0.15) is 0 Å². The minimum absolute atomic E-state index is 0.427. The summed E-state index contributed by atoms with van der Waals surface area (Å²) in [5.41, 5.74) is 9.43. The molecule has 1 fully saturated rings. The molecule has 3 aliphatic heterocycles. The Labute approximate surface area is 147 Å². The number of nitrogens with zero attached hydrogens (tertiary/aromatic N) is 4. The standard InChI is InChI=1S/C18H23N5O2/c1-22-9-6-20-18(22)12-4-5-13(14-11-16(17(19)24)25-21-14)15(10-12)23-7-2-3-8-23/h4-5,10,16H,2-3,6-9,11H2,1H3,(H2,19,24). The molecule has 0 radical (unpaired) electrons. The molecule has 1 atom stereocenters. The summed E-state index contributed by atoms with van der Waals surface area (Å²) in [4.78, 5) is 25.8. The molecule has 1 amide bonds. The highest BCUT2D eigenvalue weighted by atomic mass is 16.6. The Hall–Kier alpha value is -2.57. The molecule has 0 spiro atoms. The van der Waals surface area contributed by atoms with Crippen molar-refractivity contribution in [1.82, 2.24) is 4.90 Å². The molecule has 1 saturated heterocycles. The summed E-state index contributed by atoms with van der Waals surface area (Å²) in [6.45, 7) is 3.86. The van der Waals surface area contributed by atoms with Gasteiger partial charge in [0.25, 0.3) is 5.91 Å². The number of rotatable bonds is 4. The zero-order chi connectivity index (χ0) is 17.4. The van der Waals surface area contributed by atoms with Crippen molar-refractivity contribution in [2.45, 2.75) is 25.4 Å². The minimum atomic E-state index is -0.661. The van der Waals surface area contributed by atoms with E-state index in [2.05, 4.69) is 45.2 Å². The summed E-state index contributed by atoms with van der Waals surface area (Å²) in [5, 5.41) is 4.13. The average molecular weight is 341 g/mol. The van der Waals surface area contributed by atoms with Crippen molar-refractivity contribution in [1.29, 1.82) is 0 Å². The molecule has 1 aromatic carbocycles. The van der Waals surface area contributed by atoms with Gasteiger partial charge in [-0.15, -0.1) is 0 Å². The highest BCUT2D eigenvalue weighted by Crippen LogP contribution is 2.30. The zero-order valence-corrected chi connectivity index (χ0v) is 14.4. The lowest BCUT2D eigenvalue weighted by atomic mass is 9.99. The highest BCUT2D eigenvalue weighted by molar-refractivity contribution is 6.09. The highest BCUT2D eigenvalue weighted by Gasteiger charge is 2.30. The smallest absolute Gasteiger partial charge is 0.261 e. The van der Waals surface area contributed by atoms with Crippen molar-refractivity contribution in [2.75, 3.05) is 38.1 Å². The fraction of sp³-hybridized carbons (Fsp3) is 0.500. The molecule has 4 rings (SSSR count). The number of anilines is 1. The van der Waals surface area contributed by atoms with Gasteiger partial charge in [-0.1, -0.05) is 17.3 Å². The lowest BCUT2D eigenvalue weighted by Crippen LogP contribution is -2.29. The quantitative estimate of drug-likeness (QED) is 0.884. The summed E-state index contributed by atoms with van der Waals surface area (Å²) >= 11 is 0. The fourth-order valence-electron chi connectivity index (χ4n) is 3.67. The summed E-state index contributed by atoms with van der Waals surface area (Å²) in [6.07, 6.45) is 2.15. The van der Waals surface area contributed by atoms with Crippen LogP contribution in [-0.4, -0.2) is 61.7 Å². The van der Waals surface area contributed by atoms with E-state index in [1.54, 1.807) is 0 Å². The second-order valence-corrected chi connectivity index (χ2v) is 6.79. The van der Waals surface area contributed by atoms with Crippen LogP contribution >= 0.6 is 0 Å². The molecule has 3 aliphatic rings. The average Bonchev–Trinajstić information content (AvgIpc) is 3.35. The van der Waals surface area contributed by atoms with Crippen molar-refractivity contribution in [2.24, 2.45) is 15.9 Å². The van der Waals surface area contributed by atoms with E-state index in [0.29, 0.717) is 6.42 Å². The summed E-state index contributed by atoms with van der Waals surface area (Å²) in [7, 11) is 2.07. The number of benzene rings is 1. The first kappa shape index (κ1) is 15.9. The molecule has 0 aromatic heterocycles. The third-order valence-electron chi connectivity index (χ3n) is 5.06. The molecule has 0 aliphatic carbocycles. The number of hydrogen-bond acceptors (Lipinski definition) is 6. The lowest BCUT2D eigenvalue weighted by Gasteiger charge is -2.23. The number of amidine groups is 1. The van der Waals surface area contributed by atoms with Crippen LogP contribution in [0.15, 0.2) is 28.3 Å². The Morgan fingerprint density at radius 3 is 2.72 bits per heavy atom. The molecule has 132 valence electrons. The van der Waals surface area contributed by atoms with Gasteiger partial charge >= 0.3 is 0 Å². The molecule has 25 heavy (non-hydrogen) atoms. The van der Waals surface area contributed by atoms with Crippen LogP contribution in [0.1, 0.15) is 30.4 Å². The van der Waals surface area contributed by atoms with Crippen molar-refractivity contribution < 1.29 is 9.63 Å². The maximum Gasteiger partial charge on any atom is 0.261 e. The van der Waals surface area contributed by atoms with Gasteiger partial charge in [-0.25, -0.2) is 0 Å². The number of amides is 1. The molecule has 1 unspecified atom stereocenters. The van der Waals surface area contributed by atoms with Crippen LogP contribution in [0.5, 0.6) is 0 Å². The Morgan fingerprint density at radius 2 is 2.08 bits per heavy atom. The van der Waals surface area contributed by atoms with E-state index in [4.69, 9.17) is 10.6 Å². The number of primary amides is 1. The van der Waals surface area contributed by atoms with E-state index in [0.717, 1.165) is 54.5 Å². The summed E-state index contributed by atoms with van der Waals surface area (Å²) in [5.74, 6) is 0.562. The van der Waals surface area contributed by atoms with Gasteiger partial charge < -0.3 is 20.4 Å². The summed E-state index contributed by atoms with van der Waals surface area (Å²) in [6, 6.07) is 6.35. The van der Waals surface area contributed by atoms with Crippen LogP contribution in [0, 0.1) is 0 Å². The van der Waals surface area contributed by atoms with Crippen LogP contribution in [0.2, 0.25) is 0 Å². The van der Waals surface area contributed by atoms with E-state index in [1.807, 2.05) is 0 Å². The van der Waals surface area contributed by atoms with Gasteiger partial charge in [0.15, 0.2) is 0 Å². The predicted molar refractivity (Wildman–Crippen MR) is 97.1 cm³/mol. The molecule has 0 bridgehead atoms. The Morgan fingerprint density at radius 1 is 1.28 bits per heavy atom. The number of likely N-dealkylation sites (N-methyl/N-ethyl adjacent to an activating group) is 1. The molecule has 7 nitrogen and oxygen atoms in total. The van der Waals surface area contributed by atoms with Crippen molar-refractivity contribution in [3.8, 4) is 0 Å². The molecular formula is C18H23N5O2. The van der Waals surface area contributed by atoms with Crippen molar-refractivity contribution >= 4 is 23.1 Å². The predicted octanol–water partition coefficient (Wildman–Crippen LogP) is 0.957. The molecule has 3 heterocycles. The van der Waals surface area contributed by atoms with Crippen LogP contribution in [0.3, 0.4) is 0 Å². The van der Waals surface area contributed by atoms with Gasteiger partial charge in [-0.3, -0.25) is 9.79 Å². The van der Waals surface area contributed by atoms with E-state index in [9.17, 15) is 4.79 Å². The van der Waals surface area contributed by atoms with Crippen molar-refractivity contribution in [3.05, 3.63) is 29.3 Å². The maximum absolute atomic E-state index is 11.4. The third kappa shape index (κ3) is 2.94. The van der Waals surface area contributed by atoms with E-state index in [-0.39, 0.29) is 0 Å². The first-order chi connectivity index (χ1) is 12.1. The topological polar surface area (TPSA) is 83.5 Å². The van der Waals surface area contributed by atoms with E-state index >= 15 is 0 Å². The van der Waals surface area contributed by atoms with Gasteiger partial charge in [0.1, 0.15) is 5.84 Å². The number of aliphatic imine (C=N–C) groups is 1. The molecule has 2 N–H and O–H groups in total. The molecule has 7 heteroatoms. The number of hydrogen-bond donors (Lipinski definition) is 1. The normalized spacial score (nSPS) is 22.8. The molecule has 0 saturated carbocycles. The Kier molecular flexibility index (Phi) is 4.07. The van der Waals surface area contributed by atoms with Gasteiger partial charge in [0, 0.05) is 49.9 Å². The van der Waals surface area contributed by atoms with Crippen LogP contribution in [-0.2, 0) is 9.63 Å². The SMILES string of the molecule is CN1CCN=C1c1ccc(C2=NOC(C(N)=O)C2)c(N2CCCC2)c1. The number of oxime groups is 1. The monoisotopic (exact) mass is 341 g/mol. The van der Waals surface area contributed by atoms with Gasteiger partial charge in [0.05, 0.1) is 12.3 Å². The Bertz CT molecular complexity index is 752. The Balaban J connectivity index is 1.70. The van der Waals surface area contributed by atoms with Crippen LogP contribution in [0.4, 0.5) is 5.69 Å². The second kappa shape index (κ2) is 6.38. The minimum Gasteiger partial charge on any atom is -0.382 e. The van der Waals surface area contributed by atoms with E-state index < -0.39 is 12.0 Å². The van der Waals surface area contributed by atoms with Gasteiger partial charge in [0.2, 0.25) is 6.10 Å². The second-order valence-electron chi connectivity index (χ2n) is 6.79. The fourth-order valence-corrected chi connectivity index (χ4v) is 3.67. The number of nitrogens with two attached hydrogens (primary N) is 1. The third-order valence-corrected chi connectivity index (χ3v) is 5.06. The van der Waals surface area contributed by atoms with E-state index in [1.165, 1.54) is 12.8 Å². The largest absolute Gasteiger partial charge is 0.382 e. The van der Waals surface area contributed by atoms with Crippen molar-refractivity contribution in [3.63, 3.8) is 0 Å². The van der Waals surface area contributed by atoms with Gasteiger partial charge in [-0.05, 0) is 18.9 Å². The van der Waals surface area contributed by atoms with Crippen LogP contribution in [0.25, 0.3) is 0 Å². The lowest BCUT2D eigenvalue weighted by molar-refractivity contribution is -0.127. The zero-order valence-electron chi connectivity index (χ0n) is 14.4. The molecule has 1 aromatic rings. The van der Waals surface area contributed by atoms with Crippen LogP contribution < -0.4 is 10.6 Å². The summed E-state index contributed by atoms with van der Waals surface area (Å²) < 4.78 is 0. The first-order valence-electron chi connectivity index (χ1n) is 8.81. The molecular weight excluding hydrogens is 318 g/mol. The maximum atomic E-state index is 11.4.